The second-order valence-electron chi connectivity index (χ2n) is 2.47. The van der Waals surface area contributed by atoms with Gasteiger partial charge in [-0.25, -0.2) is 4.79 Å². The molecule has 0 aliphatic heterocycles. The van der Waals surface area contributed by atoms with Crippen LogP contribution < -0.4 is 5.32 Å². The Morgan fingerprint density at radius 1 is 1.36 bits per heavy atom. The fraction of sp³-hybridized carbons (Fsp3) is 0.364. The summed E-state index contributed by atoms with van der Waals surface area (Å²) in [6.07, 6.45) is -0.224. The van der Waals surface area contributed by atoms with Crippen molar-refractivity contribution in [2.75, 3.05) is 6.54 Å². The van der Waals surface area contributed by atoms with E-state index in [4.69, 9.17) is 5.11 Å². The van der Waals surface area contributed by atoms with E-state index in [0.29, 0.717) is 6.54 Å². The molecular weight excluding hydrogens is 178 g/mol. The molecule has 80 valence electrons. The van der Waals surface area contributed by atoms with Crippen LogP contribution in [0.15, 0.2) is 30.3 Å². The monoisotopic (exact) mass is 197 g/mol. The first-order valence-electron chi connectivity index (χ1n) is 4.80. The Morgan fingerprint density at radius 3 is 2.43 bits per heavy atom. The van der Waals surface area contributed by atoms with Crippen LogP contribution in [0.5, 0.6) is 0 Å². The molecule has 1 amide bonds. The molecule has 0 spiro atoms. The molecule has 0 aliphatic rings. The topological polar surface area (TPSA) is 49.3 Å². The van der Waals surface area contributed by atoms with E-state index in [9.17, 15) is 4.79 Å². The summed E-state index contributed by atoms with van der Waals surface area (Å²) in [7, 11) is 0. The quantitative estimate of drug-likeness (QED) is 0.782. The Morgan fingerprint density at radius 2 is 1.93 bits per heavy atom. The molecule has 0 fully saturated rings. The summed E-state index contributed by atoms with van der Waals surface area (Å²) < 4.78 is 0. The third-order valence-corrected chi connectivity index (χ3v) is 1.53. The zero-order valence-electron chi connectivity index (χ0n) is 8.66. The Labute approximate surface area is 86.3 Å². The molecule has 0 radical (unpaired) electrons. The Kier molecular flexibility index (Phi) is 7.23. The van der Waals surface area contributed by atoms with Crippen molar-refractivity contribution < 1.29 is 11.3 Å². The SMILES string of the molecule is CC.O=C(O)NCCc1ccccc1.[HH]. The third-order valence-electron chi connectivity index (χ3n) is 1.53. The largest absolute Gasteiger partial charge is 0.465 e. The van der Waals surface area contributed by atoms with Crippen molar-refractivity contribution in [3.05, 3.63) is 35.9 Å². The lowest BCUT2D eigenvalue weighted by atomic mass is 10.1. The van der Waals surface area contributed by atoms with Crippen molar-refractivity contribution in [2.45, 2.75) is 20.3 Å². The van der Waals surface area contributed by atoms with Gasteiger partial charge in [-0.2, -0.15) is 0 Å². The number of carbonyl (C=O) groups is 1. The van der Waals surface area contributed by atoms with Gasteiger partial charge in [0.25, 0.3) is 0 Å². The van der Waals surface area contributed by atoms with Gasteiger partial charge in [0.1, 0.15) is 0 Å². The summed E-state index contributed by atoms with van der Waals surface area (Å²) in [4.78, 5) is 10.1. The predicted octanol–water partition coefficient (Wildman–Crippen LogP) is 2.77. The molecule has 0 aromatic heterocycles. The third kappa shape index (κ3) is 6.06. The molecule has 14 heavy (non-hydrogen) atoms. The minimum absolute atomic E-state index is 0. The lowest BCUT2D eigenvalue weighted by molar-refractivity contribution is 0.194. The second kappa shape index (κ2) is 8.10. The van der Waals surface area contributed by atoms with Gasteiger partial charge in [0.15, 0.2) is 0 Å². The maximum atomic E-state index is 10.1. The summed E-state index contributed by atoms with van der Waals surface area (Å²) in [6, 6.07) is 9.77. The zero-order chi connectivity index (χ0) is 10.8. The van der Waals surface area contributed by atoms with E-state index in [1.54, 1.807) is 0 Å². The summed E-state index contributed by atoms with van der Waals surface area (Å²) >= 11 is 0. The van der Waals surface area contributed by atoms with Gasteiger partial charge in [0, 0.05) is 7.97 Å². The smallest absolute Gasteiger partial charge is 0.404 e. The van der Waals surface area contributed by atoms with Gasteiger partial charge >= 0.3 is 6.09 Å². The van der Waals surface area contributed by atoms with E-state index < -0.39 is 6.09 Å². The number of amides is 1. The fourth-order valence-electron chi connectivity index (χ4n) is 0.958. The van der Waals surface area contributed by atoms with Gasteiger partial charge in [-0.05, 0) is 12.0 Å². The van der Waals surface area contributed by atoms with E-state index in [-0.39, 0.29) is 1.43 Å². The normalized spacial score (nSPS) is 8.43. The Bertz CT molecular complexity index is 252. The van der Waals surface area contributed by atoms with E-state index in [2.05, 4.69) is 5.32 Å². The number of carboxylic acid groups (broad SMARTS) is 1. The molecule has 2 N–H and O–H groups in total. The molecular formula is C11H19NO2. The van der Waals surface area contributed by atoms with Crippen molar-refractivity contribution in [1.29, 1.82) is 0 Å². The van der Waals surface area contributed by atoms with Crippen LogP contribution in [0.1, 0.15) is 20.8 Å². The van der Waals surface area contributed by atoms with Crippen LogP contribution in [-0.4, -0.2) is 17.7 Å². The van der Waals surface area contributed by atoms with Gasteiger partial charge in [0.05, 0.1) is 0 Å². The molecule has 3 heteroatoms. The Hall–Kier alpha value is -1.51. The van der Waals surface area contributed by atoms with Crippen LogP contribution in [0.2, 0.25) is 0 Å². The first-order chi connectivity index (χ1) is 6.79. The molecule has 1 aromatic carbocycles. The van der Waals surface area contributed by atoms with Gasteiger partial charge in [-0.1, -0.05) is 44.2 Å². The summed E-state index contributed by atoms with van der Waals surface area (Å²) in [6.45, 7) is 4.47. The molecule has 0 aliphatic carbocycles. The number of rotatable bonds is 3. The average Bonchev–Trinajstić information content (AvgIpc) is 2.22. The summed E-state index contributed by atoms with van der Waals surface area (Å²) in [5, 5.41) is 10.6. The second-order valence-corrected chi connectivity index (χ2v) is 2.47. The fourth-order valence-corrected chi connectivity index (χ4v) is 0.958. The highest BCUT2D eigenvalue weighted by molar-refractivity contribution is 5.64. The molecule has 0 bridgehead atoms. The average molecular weight is 197 g/mol. The zero-order valence-corrected chi connectivity index (χ0v) is 8.66. The predicted molar refractivity (Wildman–Crippen MR) is 59.6 cm³/mol. The molecule has 1 rings (SSSR count). The minimum Gasteiger partial charge on any atom is -0.465 e. The Balaban J connectivity index is 0. The van der Waals surface area contributed by atoms with Crippen LogP contribution >= 0.6 is 0 Å². The maximum absolute atomic E-state index is 10.1. The van der Waals surface area contributed by atoms with Gasteiger partial charge in [0.2, 0.25) is 0 Å². The number of hydrogen-bond acceptors (Lipinski definition) is 1. The molecule has 0 atom stereocenters. The highest BCUT2D eigenvalue weighted by Gasteiger charge is 1.93. The van der Waals surface area contributed by atoms with Gasteiger partial charge < -0.3 is 10.4 Å². The van der Waals surface area contributed by atoms with Crippen molar-refractivity contribution in [3.8, 4) is 0 Å². The molecule has 0 saturated heterocycles. The first kappa shape index (κ1) is 12.5. The minimum atomic E-state index is -0.967. The lowest BCUT2D eigenvalue weighted by Crippen LogP contribution is -2.23. The summed E-state index contributed by atoms with van der Waals surface area (Å²) in [5.41, 5.74) is 1.14. The maximum Gasteiger partial charge on any atom is 0.404 e. The molecule has 0 heterocycles. The van der Waals surface area contributed by atoms with Crippen LogP contribution in [0.25, 0.3) is 0 Å². The van der Waals surface area contributed by atoms with Gasteiger partial charge in [-0.3, -0.25) is 0 Å². The van der Waals surface area contributed by atoms with Crippen LogP contribution in [0, 0.1) is 0 Å². The molecule has 0 saturated carbocycles. The molecule has 1 aromatic rings. The highest BCUT2D eigenvalue weighted by atomic mass is 16.4. The molecule has 0 unspecified atom stereocenters. The van der Waals surface area contributed by atoms with Crippen molar-refractivity contribution >= 4 is 6.09 Å². The molecule has 3 nitrogen and oxygen atoms in total. The first-order valence-corrected chi connectivity index (χ1v) is 4.80. The summed E-state index contributed by atoms with van der Waals surface area (Å²) in [5.74, 6) is 0. The van der Waals surface area contributed by atoms with E-state index in [0.717, 1.165) is 12.0 Å². The lowest BCUT2D eigenvalue weighted by Gasteiger charge is -2.00. The highest BCUT2D eigenvalue weighted by Crippen LogP contribution is 1.97. The number of benzene rings is 1. The number of nitrogens with one attached hydrogen (secondary N) is 1. The van der Waals surface area contributed by atoms with Crippen LogP contribution in [-0.2, 0) is 6.42 Å². The van der Waals surface area contributed by atoms with Crippen LogP contribution in [0.4, 0.5) is 4.79 Å². The number of hydrogen-bond donors (Lipinski definition) is 2. The van der Waals surface area contributed by atoms with E-state index in [1.165, 1.54) is 0 Å². The van der Waals surface area contributed by atoms with Gasteiger partial charge in [-0.15, -0.1) is 0 Å². The van der Waals surface area contributed by atoms with Crippen molar-refractivity contribution in [3.63, 3.8) is 0 Å². The van der Waals surface area contributed by atoms with E-state index >= 15 is 0 Å². The van der Waals surface area contributed by atoms with Crippen molar-refractivity contribution in [2.24, 2.45) is 0 Å². The van der Waals surface area contributed by atoms with E-state index in [1.807, 2.05) is 44.2 Å². The van der Waals surface area contributed by atoms with Crippen LogP contribution in [0.3, 0.4) is 0 Å². The van der Waals surface area contributed by atoms with Crippen molar-refractivity contribution in [1.82, 2.24) is 5.32 Å². The standard InChI is InChI=1S/C9H11NO2.C2H6.H2/c11-9(12)10-7-6-8-4-2-1-3-5-8;1-2;/h1-5,10H,6-7H2,(H,11,12);1-2H3;1H.